The highest BCUT2D eigenvalue weighted by Gasteiger charge is 2.46. The van der Waals surface area contributed by atoms with E-state index in [-0.39, 0.29) is 11.3 Å². The Labute approximate surface area is 244 Å². The van der Waals surface area contributed by atoms with Gasteiger partial charge in [-0.25, -0.2) is 4.57 Å². The maximum absolute atomic E-state index is 13.4. The molecule has 9 heteroatoms. The van der Waals surface area contributed by atoms with E-state index in [2.05, 4.69) is 4.98 Å². The summed E-state index contributed by atoms with van der Waals surface area (Å²) in [6.07, 6.45) is 6.14. The molecule has 1 unspecified atom stereocenters. The fourth-order valence-electron chi connectivity index (χ4n) is 5.16. The van der Waals surface area contributed by atoms with Gasteiger partial charge in [0.25, 0.3) is 11.7 Å². The largest absolute Gasteiger partial charge is 0.507 e. The molecule has 0 spiro atoms. The van der Waals surface area contributed by atoms with E-state index in [1.54, 1.807) is 42.5 Å². The van der Waals surface area contributed by atoms with E-state index < -0.39 is 17.7 Å². The fourth-order valence-corrected chi connectivity index (χ4v) is 5.16. The van der Waals surface area contributed by atoms with Crippen LogP contribution in [0.2, 0.25) is 0 Å². The van der Waals surface area contributed by atoms with Crippen LogP contribution in [0.3, 0.4) is 0 Å². The van der Waals surface area contributed by atoms with Crippen LogP contribution in [0.5, 0.6) is 17.2 Å². The third-order valence-electron chi connectivity index (χ3n) is 7.46. The number of rotatable bonds is 11. The van der Waals surface area contributed by atoms with Crippen molar-refractivity contribution in [2.45, 2.75) is 32.5 Å². The number of ketones is 1. The summed E-state index contributed by atoms with van der Waals surface area (Å²) in [6.45, 7) is 3.39. The molecule has 2 N–H and O–H groups in total. The Morgan fingerprint density at radius 1 is 1.00 bits per heavy atom. The number of nitrogens with one attached hydrogen (secondary N) is 1. The summed E-state index contributed by atoms with van der Waals surface area (Å²) in [6, 6.07) is 19.3. The fraction of sp³-hybridized carbons (Fsp3) is 0.242. The van der Waals surface area contributed by atoms with Crippen LogP contribution in [0.4, 0.5) is 0 Å². The predicted molar refractivity (Wildman–Crippen MR) is 156 cm³/mol. The topological polar surface area (TPSA) is 105 Å². The van der Waals surface area contributed by atoms with Gasteiger partial charge < -0.3 is 24.2 Å². The maximum Gasteiger partial charge on any atom is 0.295 e. The van der Waals surface area contributed by atoms with E-state index in [1.165, 1.54) is 19.1 Å². The summed E-state index contributed by atoms with van der Waals surface area (Å²) in [5, 5.41) is 11.5. The molecule has 42 heavy (non-hydrogen) atoms. The Balaban J connectivity index is 1.46. The lowest BCUT2D eigenvalue weighted by Crippen LogP contribution is -2.36. The summed E-state index contributed by atoms with van der Waals surface area (Å²) < 4.78 is 18.8. The first-order valence-electron chi connectivity index (χ1n) is 13.7. The van der Waals surface area contributed by atoms with Crippen LogP contribution in [0.25, 0.3) is 5.76 Å². The van der Waals surface area contributed by atoms with Gasteiger partial charge in [-0.1, -0.05) is 30.3 Å². The van der Waals surface area contributed by atoms with Crippen LogP contribution in [0, 0.1) is 6.92 Å². The zero-order valence-corrected chi connectivity index (χ0v) is 23.9. The van der Waals surface area contributed by atoms with Crippen molar-refractivity contribution in [1.29, 1.82) is 0 Å². The molecule has 1 aliphatic rings. The summed E-state index contributed by atoms with van der Waals surface area (Å²) in [5.41, 5.74) is 3.27. The number of aryl methyl sites for hydroxylation is 2. The number of carbonyl (C=O) groups is 2. The van der Waals surface area contributed by atoms with E-state index in [4.69, 9.17) is 14.2 Å². The van der Waals surface area contributed by atoms with E-state index in [9.17, 15) is 14.7 Å². The molecule has 5 rings (SSSR count). The molecule has 1 fully saturated rings. The van der Waals surface area contributed by atoms with Gasteiger partial charge in [-0.2, -0.15) is 0 Å². The number of aliphatic hydroxyl groups is 1. The molecule has 0 radical (unpaired) electrons. The number of carbonyl (C=O) groups excluding carboxylic acids is 2. The summed E-state index contributed by atoms with van der Waals surface area (Å²) in [5.74, 6) is -0.0490. The molecule has 1 aliphatic heterocycles. The smallest absolute Gasteiger partial charge is 0.295 e. The van der Waals surface area contributed by atoms with Crippen LogP contribution in [0.15, 0.2) is 91.0 Å². The first kappa shape index (κ1) is 28.5. The van der Waals surface area contributed by atoms with Crippen molar-refractivity contribution in [3.05, 3.63) is 113 Å². The number of hydrogen-bond donors (Lipinski definition) is 2. The lowest BCUT2D eigenvalue weighted by molar-refractivity contribution is -0.695. The minimum absolute atomic E-state index is 0.0232. The molecule has 0 aliphatic carbocycles. The number of imidazole rings is 1. The Hall–Kier alpha value is -5.05. The van der Waals surface area contributed by atoms with Crippen molar-refractivity contribution in [3.63, 3.8) is 0 Å². The number of H-pyrrole nitrogens is 1. The number of likely N-dealkylation sites (tertiary alicyclic amines) is 1. The van der Waals surface area contributed by atoms with E-state index in [0.717, 1.165) is 11.1 Å². The van der Waals surface area contributed by atoms with Crippen molar-refractivity contribution < 1.29 is 33.5 Å². The average molecular weight is 569 g/mol. The van der Waals surface area contributed by atoms with Crippen molar-refractivity contribution >= 4 is 17.4 Å². The number of ether oxygens (including phenoxy) is 3. The normalized spacial score (nSPS) is 16.1. The monoisotopic (exact) mass is 568 g/mol. The van der Waals surface area contributed by atoms with Crippen molar-refractivity contribution in [3.8, 4) is 17.2 Å². The van der Waals surface area contributed by atoms with Gasteiger partial charge in [-0.05, 0) is 60.0 Å². The lowest BCUT2D eigenvalue weighted by Gasteiger charge is -2.25. The predicted octanol–water partition coefficient (Wildman–Crippen LogP) is 4.72. The minimum atomic E-state index is -0.807. The SMILES string of the molecule is COc1ccc(C2C(=C(O)c3ccc(OCc4ccccc4C)cc3)C(=O)C(=O)N2CCC[n+]2cc[nH]c2)cc1OC. The lowest BCUT2D eigenvalue weighted by atomic mass is 9.95. The van der Waals surface area contributed by atoms with Crippen molar-refractivity contribution in [2.24, 2.45) is 0 Å². The number of Topliss-reactive ketones (excluding diaryl/α,β-unsaturated/α-hetero) is 1. The van der Waals surface area contributed by atoms with Crippen LogP contribution >= 0.6 is 0 Å². The number of nitrogens with zero attached hydrogens (tertiary/aromatic N) is 2. The van der Waals surface area contributed by atoms with Crippen molar-refractivity contribution in [1.82, 2.24) is 9.88 Å². The van der Waals surface area contributed by atoms with E-state index in [1.807, 2.05) is 54.5 Å². The number of aromatic amines is 1. The van der Waals surface area contributed by atoms with E-state index in [0.29, 0.717) is 54.5 Å². The first-order valence-corrected chi connectivity index (χ1v) is 13.7. The molecule has 0 saturated carbocycles. The molecule has 1 amide bonds. The number of methoxy groups -OCH3 is 2. The molecule has 1 aromatic heterocycles. The Bertz CT molecular complexity index is 1590. The van der Waals surface area contributed by atoms with E-state index >= 15 is 0 Å². The second-order valence-corrected chi connectivity index (χ2v) is 10.0. The Morgan fingerprint density at radius 2 is 1.76 bits per heavy atom. The molecular weight excluding hydrogens is 534 g/mol. The highest BCUT2D eigenvalue weighted by Crippen LogP contribution is 2.42. The molecule has 0 bridgehead atoms. The van der Waals surface area contributed by atoms with Gasteiger partial charge in [-0.15, -0.1) is 0 Å². The Morgan fingerprint density at radius 3 is 2.45 bits per heavy atom. The standard InChI is InChI=1S/C33H33N3O6/c1-22-7-4-5-8-25(22)20-42-26-12-9-23(10-13-26)31(37)29-30(24-11-14-27(40-2)28(19-24)41-3)36(33(39)32(29)38)17-6-16-35-18-15-34-21-35/h4-5,7-15,18-19,21,30H,6,16-17,20H2,1-3H3,(H,37,38)/p+1. The van der Waals surface area contributed by atoms with Crippen LogP contribution < -0.4 is 18.8 Å². The van der Waals surface area contributed by atoms with Gasteiger partial charge >= 0.3 is 0 Å². The quantitative estimate of drug-likeness (QED) is 0.117. The first-order chi connectivity index (χ1) is 20.4. The molecule has 9 nitrogen and oxygen atoms in total. The van der Waals surface area contributed by atoms with Crippen molar-refractivity contribution in [2.75, 3.05) is 20.8 Å². The highest BCUT2D eigenvalue weighted by molar-refractivity contribution is 6.46. The zero-order chi connectivity index (χ0) is 29.6. The van der Waals surface area contributed by atoms with Gasteiger partial charge in [0.05, 0.1) is 32.4 Å². The third-order valence-corrected chi connectivity index (χ3v) is 7.46. The maximum atomic E-state index is 13.4. The summed E-state index contributed by atoms with van der Waals surface area (Å²) in [4.78, 5) is 31.3. The number of aliphatic hydroxyl groups excluding tert-OH is 1. The average Bonchev–Trinajstić information content (AvgIpc) is 3.62. The van der Waals surface area contributed by atoms with Gasteiger partial charge in [0.2, 0.25) is 6.33 Å². The zero-order valence-electron chi connectivity index (χ0n) is 23.9. The number of benzene rings is 3. The Kier molecular flexibility index (Phi) is 8.57. The number of aromatic nitrogens is 2. The van der Waals surface area contributed by atoms with Gasteiger partial charge in [0.1, 0.15) is 30.5 Å². The molecule has 3 aromatic carbocycles. The van der Waals surface area contributed by atoms with Crippen LogP contribution in [0.1, 0.15) is 34.7 Å². The molecular formula is C33H34N3O6+. The van der Waals surface area contributed by atoms with Crippen LogP contribution in [-0.4, -0.2) is 47.4 Å². The summed E-state index contributed by atoms with van der Waals surface area (Å²) in [7, 11) is 3.06. The number of hydrogen-bond acceptors (Lipinski definition) is 6. The second kappa shape index (κ2) is 12.6. The molecule has 216 valence electrons. The molecule has 4 aromatic rings. The molecule has 1 atom stereocenters. The van der Waals surface area contributed by atoms with Crippen LogP contribution in [-0.2, 0) is 22.7 Å². The van der Waals surface area contributed by atoms with Gasteiger partial charge in [0, 0.05) is 18.5 Å². The number of amides is 1. The second-order valence-electron chi connectivity index (χ2n) is 10.0. The highest BCUT2D eigenvalue weighted by atomic mass is 16.5. The summed E-state index contributed by atoms with van der Waals surface area (Å²) >= 11 is 0. The van der Waals surface area contributed by atoms with Gasteiger partial charge in [0.15, 0.2) is 11.5 Å². The molecule has 1 saturated heterocycles. The van der Waals surface area contributed by atoms with Gasteiger partial charge in [-0.3, -0.25) is 14.6 Å². The molecule has 2 heterocycles. The third kappa shape index (κ3) is 5.85. The minimum Gasteiger partial charge on any atom is -0.507 e.